The number of amides is 1. The summed E-state index contributed by atoms with van der Waals surface area (Å²) < 4.78 is 10.5. The Hall–Kier alpha value is -1.63. The third-order valence-electron chi connectivity index (χ3n) is 4.56. The predicted octanol–water partition coefficient (Wildman–Crippen LogP) is 1.31. The highest BCUT2D eigenvalue weighted by atomic mass is 16.5. The van der Waals surface area contributed by atoms with Crippen LogP contribution in [0.25, 0.3) is 0 Å². The van der Waals surface area contributed by atoms with E-state index in [4.69, 9.17) is 15.2 Å². The molecule has 0 radical (unpaired) electrons. The van der Waals surface area contributed by atoms with Crippen LogP contribution in [0.2, 0.25) is 0 Å². The van der Waals surface area contributed by atoms with Crippen LogP contribution in [0, 0.1) is 0 Å². The number of likely N-dealkylation sites (tertiary alicyclic amines) is 1. The Kier molecular flexibility index (Phi) is 7.49. The second-order valence-electron chi connectivity index (χ2n) is 6.14. The monoisotopic (exact) mass is 335 g/mol. The van der Waals surface area contributed by atoms with Crippen molar-refractivity contribution in [2.24, 2.45) is 5.73 Å². The number of carbonyl (C=O) groups excluding carboxylic acids is 1. The predicted molar refractivity (Wildman–Crippen MR) is 94.0 cm³/mol. The van der Waals surface area contributed by atoms with E-state index < -0.39 is 0 Å². The Bertz CT molecular complexity index is 514. The number of rotatable bonds is 9. The SMILES string of the molecule is COc1cccc(C(CNC(=O)CC(CN)OC)N2CCCC2)c1. The summed E-state index contributed by atoms with van der Waals surface area (Å²) in [5.41, 5.74) is 6.75. The minimum Gasteiger partial charge on any atom is -0.497 e. The molecule has 2 atom stereocenters. The van der Waals surface area contributed by atoms with E-state index in [1.165, 1.54) is 18.4 Å². The fourth-order valence-corrected chi connectivity index (χ4v) is 3.11. The van der Waals surface area contributed by atoms with Crippen molar-refractivity contribution in [1.29, 1.82) is 0 Å². The summed E-state index contributed by atoms with van der Waals surface area (Å²) in [6, 6.07) is 8.23. The van der Waals surface area contributed by atoms with Crippen molar-refractivity contribution in [2.45, 2.75) is 31.4 Å². The molecule has 1 saturated heterocycles. The number of nitrogens with zero attached hydrogens (tertiary/aromatic N) is 1. The molecule has 0 aliphatic carbocycles. The van der Waals surface area contributed by atoms with Crippen LogP contribution in [0.4, 0.5) is 0 Å². The molecular weight excluding hydrogens is 306 g/mol. The van der Waals surface area contributed by atoms with Crippen molar-refractivity contribution in [2.75, 3.05) is 40.4 Å². The van der Waals surface area contributed by atoms with Crippen molar-refractivity contribution >= 4 is 5.91 Å². The molecule has 1 fully saturated rings. The van der Waals surface area contributed by atoms with Crippen LogP contribution in [0.5, 0.6) is 5.75 Å². The number of methoxy groups -OCH3 is 2. The second kappa shape index (κ2) is 9.61. The maximum atomic E-state index is 12.2. The Morgan fingerprint density at radius 1 is 1.33 bits per heavy atom. The largest absolute Gasteiger partial charge is 0.497 e. The van der Waals surface area contributed by atoms with Gasteiger partial charge in [0, 0.05) is 20.2 Å². The molecule has 1 aliphatic heterocycles. The van der Waals surface area contributed by atoms with Gasteiger partial charge in [-0.2, -0.15) is 0 Å². The summed E-state index contributed by atoms with van der Waals surface area (Å²) in [6.45, 7) is 3.03. The minimum atomic E-state index is -0.230. The van der Waals surface area contributed by atoms with E-state index in [1.54, 1.807) is 14.2 Å². The first-order chi connectivity index (χ1) is 11.7. The van der Waals surface area contributed by atoms with Crippen molar-refractivity contribution in [1.82, 2.24) is 10.2 Å². The summed E-state index contributed by atoms with van der Waals surface area (Å²) in [4.78, 5) is 14.6. The third-order valence-corrected chi connectivity index (χ3v) is 4.56. The van der Waals surface area contributed by atoms with Crippen LogP contribution in [-0.2, 0) is 9.53 Å². The van der Waals surface area contributed by atoms with Gasteiger partial charge >= 0.3 is 0 Å². The van der Waals surface area contributed by atoms with E-state index in [1.807, 2.05) is 18.2 Å². The lowest BCUT2D eigenvalue weighted by Gasteiger charge is -2.28. The molecule has 6 heteroatoms. The molecule has 0 spiro atoms. The Morgan fingerprint density at radius 3 is 2.71 bits per heavy atom. The van der Waals surface area contributed by atoms with Gasteiger partial charge in [-0.05, 0) is 43.6 Å². The van der Waals surface area contributed by atoms with Crippen LogP contribution >= 0.6 is 0 Å². The molecule has 6 nitrogen and oxygen atoms in total. The fraction of sp³-hybridized carbons (Fsp3) is 0.611. The van der Waals surface area contributed by atoms with Gasteiger partial charge in [0.1, 0.15) is 5.75 Å². The van der Waals surface area contributed by atoms with Gasteiger partial charge in [-0.3, -0.25) is 9.69 Å². The van der Waals surface area contributed by atoms with Gasteiger partial charge < -0.3 is 20.5 Å². The molecule has 2 unspecified atom stereocenters. The zero-order valence-corrected chi connectivity index (χ0v) is 14.7. The number of carbonyl (C=O) groups is 1. The van der Waals surface area contributed by atoms with Gasteiger partial charge in [-0.1, -0.05) is 12.1 Å². The van der Waals surface area contributed by atoms with Gasteiger partial charge in [0.15, 0.2) is 0 Å². The Labute approximate surface area is 144 Å². The molecule has 1 aromatic carbocycles. The van der Waals surface area contributed by atoms with Crippen LogP contribution in [0.3, 0.4) is 0 Å². The quantitative estimate of drug-likeness (QED) is 0.712. The van der Waals surface area contributed by atoms with E-state index in [0.717, 1.165) is 18.8 Å². The zero-order chi connectivity index (χ0) is 17.4. The van der Waals surface area contributed by atoms with Gasteiger partial charge in [0.25, 0.3) is 0 Å². The van der Waals surface area contributed by atoms with E-state index in [9.17, 15) is 4.79 Å². The maximum Gasteiger partial charge on any atom is 0.222 e. The molecule has 24 heavy (non-hydrogen) atoms. The smallest absolute Gasteiger partial charge is 0.222 e. The van der Waals surface area contributed by atoms with Gasteiger partial charge in [-0.15, -0.1) is 0 Å². The molecular formula is C18H29N3O3. The number of hydrogen-bond donors (Lipinski definition) is 2. The molecule has 2 rings (SSSR count). The van der Waals surface area contributed by atoms with Crippen LogP contribution in [0.1, 0.15) is 30.9 Å². The highest BCUT2D eigenvalue weighted by Crippen LogP contribution is 2.27. The summed E-state index contributed by atoms with van der Waals surface area (Å²) in [7, 11) is 3.25. The normalized spacial score (nSPS) is 17.5. The molecule has 0 saturated carbocycles. The van der Waals surface area contributed by atoms with Crippen LogP contribution in [-0.4, -0.2) is 57.3 Å². The molecule has 3 N–H and O–H groups in total. The molecule has 134 valence electrons. The van der Waals surface area contributed by atoms with E-state index in [2.05, 4.69) is 16.3 Å². The highest BCUT2D eigenvalue weighted by molar-refractivity contribution is 5.76. The lowest BCUT2D eigenvalue weighted by Crippen LogP contribution is -2.38. The van der Waals surface area contributed by atoms with E-state index in [0.29, 0.717) is 13.1 Å². The Balaban J connectivity index is 2.02. The zero-order valence-electron chi connectivity index (χ0n) is 14.7. The molecule has 0 bridgehead atoms. The first kappa shape index (κ1) is 18.7. The van der Waals surface area contributed by atoms with Gasteiger partial charge in [-0.25, -0.2) is 0 Å². The number of benzene rings is 1. The average molecular weight is 335 g/mol. The van der Waals surface area contributed by atoms with Crippen molar-refractivity contribution in [3.05, 3.63) is 29.8 Å². The minimum absolute atomic E-state index is 0.0283. The highest BCUT2D eigenvalue weighted by Gasteiger charge is 2.24. The number of nitrogens with two attached hydrogens (primary N) is 1. The van der Waals surface area contributed by atoms with Crippen molar-refractivity contribution in [3.63, 3.8) is 0 Å². The molecule has 1 aromatic rings. The molecule has 1 amide bonds. The maximum absolute atomic E-state index is 12.2. The lowest BCUT2D eigenvalue weighted by atomic mass is 10.0. The van der Waals surface area contributed by atoms with Gasteiger partial charge in [0.2, 0.25) is 5.91 Å². The average Bonchev–Trinajstić information content (AvgIpc) is 3.14. The standard InChI is InChI=1S/C18H29N3O3/c1-23-15-7-5-6-14(10-15)17(21-8-3-4-9-21)13-20-18(22)11-16(12-19)24-2/h5-7,10,16-17H,3-4,8-9,11-13,19H2,1-2H3,(H,20,22). The Morgan fingerprint density at radius 2 is 2.08 bits per heavy atom. The molecule has 1 heterocycles. The van der Waals surface area contributed by atoms with Gasteiger partial charge in [0.05, 0.1) is 25.7 Å². The van der Waals surface area contributed by atoms with Crippen LogP contribution < -0.4 is 15.8 Å². The lowest BCUT2D eigenvalue weighted by molar-refractivity contribution is -0.123. The summed E-state index contributed by atoms with van der Waals surface area (Å²) in [5.74, 6) is 0.810. The van der Waals surface area contributed by atoms with E-state index >= 15 is 0 Å². The molecule has 0 aromatic heterocycles. The third kappa shape index (κ3) is 5.19. The summed E-state index contributed by atoms with van der Waals surface area (Å²) in [6.07, 6.45) is 2.46. The summed E-state index contributed by atoms with van der Waals surface area (Å²) in [5, 5.41) is 3.04. The fourth-order valence-electron chi connectivity index (χ4n) is 3.11. The molecule has 1 aliphatic rings. The van der Waals surface area contributed by atoms with Crippen LogP contribution in [0.15, 0.2) is 24.3 Å². The van der Waals surface area contributed by atoms with Crippen molar-refractivity contribution < 1.29 is 14.3 Å². The number of hydrogen-bond acceptors (Lipinski definition) is 5. The topological polar surface area (TPSA) is 76.8 Å². The first-order valence-corrected chi connectivity index (χ1v) is 8.55. The summed E-state index contributed by atoms with van der Waals surface area (Å²) >= 11 is 0. The second-order valence-corrected chi connectivity index (χ2v) is 6.14. The van der Waals surface area contributed by atoms with Crippen molar-refractivity contribution in [3.8, 4) is 5.75 Å². The van der Waals surface area contributed by atoms with E-state index in [-0.39, 0.29) is 24.5 Å². The first-order valence-electron chi connectivity index (χ1n) is 8.55. The number of ether oxygens (including phenoxy) is 2. The number of nitrogens with one attached hydrogen (secondary N) is 1.